The highest BCUT2D eigenvalue weighted by molar-refractivity contribution is 7.99. The van der Waals surface area contributed by atoms with Crippen molar-refractivity contribution in [2.45, 2.75) is 63.6 Å². The van der Waals surface area contributed by atoms with Crippen LogP contribution in [0.3, 0.4) is 0 Å². The zero-order valence-electron chi connectivity index (χ0n) is 19.4. The van der Waals surface area contributed by atoms with Gasteiger partial charge in [-0.15, -0.1) is 11.3 Å². The van der Waals surface area contributed by atoms with Crippen molar-refractivity contribution < 1.29 is 9.59 Å². The summed E-state index contributed by atoms with van der Waals surface area (Å²) in [7, 11) is 0. The van der Waals surface area contributed by atoms with Gasteiger partial charge in [-0.05, 0) is 50.8 Å². The quantitative estimate of drug-likeness (QED) is 0.381. The number of fused-ring (bicyclic) bond motifs is 1. The van der Waals surface area contributed by atoms with Gasteiger partial charge in [0.15, 0.2) is 5.16 Å². The minimum atomic E-state index is -0.185. The third-order valence-corrected chi connectivity index (χ3v) is 8.82. The number of carbonyl (C=O) groups excluding carboxylic acids is 2. The Balaban J connectivity index is 1.39. The summed E-state index contributed by atoms with van der Waals surface area (Å²) in [6, 6.07) is 7.54. The van der Waals surface area contributed by atoms with Crippen molar-refractivity contribution in [1.29, 1.82) is 0 Å². The van der Waals surface area contributed by atoms with Crippen molar-refractivity contribution in [2.75, 3.05) is 22.5 Å². The Labute approximate surface area is 206 Å². The van der Waals surface area contributed by atoms with Gasteiger partial charge in [0.2, 0.25) is 11.8 Å². The molecule has 2 fully saturated rings. The Hall–Kier alpha value is -2.65. The third-order valence-electron chi connectivity index (χ3n) is 6.77. The van der Waals surface area contributed by atoms with E-state index in [-0.39, 0.29) is 29.2 Å². The van der Waals surface area contributed by atoms with Crippen LogP contribution in [0.4, 0.5) is 11.4 Å². The second-order valence-corrected chi connectivity index (χ2v) is 11.1. The van der Waals surface area contributed by atoms with Crippen LogP contribution in [0.1, 0.15) is 55.0 Å². The summed E-state index contributed by atoms with van der Waals surface area (Å²) in [6.07, 6.45) is 5.50. The minimum Gasteiger partial charge on any atom is -0.324 e. The highest BCUT2D eigenvalue weighted by Gasteiger charge is 2.26. The van der Waals surface area contributed by atoms with E-state index in [9.17, 15) is 14.4 Å². The van der Waals surface area contributed by atoms with Gasteiger partial charge in [0.1, 0.15) is 4.83 Å². The van der Waals surface area contributed by atoms with Gasteiger partial charge in [-0.25, -0.2) is 4.98 Å². The number of hydrogen-bond donors (Lipinski definition) is 1. The van der Waals surface area contributed by atoms with Crippen LogP contribution >= 0.6 is 23.1 Å². The Morgan fingerprint density at radius 2 is 1.94 bits per heavy atom. The molecule has 5 rings (SSSR count). The van der Waals surface area contributed by atoms with Gasteiger partial charge in [0, 0.05) is 23.9 Å². The summed E-state index contributed by atoms with van der Waals surface area (Å²) in [6.45, 7) is 4.67. The lowest BCUT2D eigenvalue weighted by Gasteiger charge is -2.20. The molecule has 0 atom stereocenters. The summed E-state index contributed by atoms with van der Waals surface area (Å²) in [5.74, 6) is 0.0293. The van der Waals surface area contributed by atoms with Crippen LogP contribution in [0.5, 0.6) is 0 Å². The van der Waals surface area contributed by atoms with Crippen molar-refractivity contribution in [2.24, 2.45) is 0 Å². The number of nitrogens with one attached hydrogen (secondary N) is 1. The summed E-state index contributed by atoms with van der Waals surface area (Å²) in [4.78, 5) is 47.1. The Morgan fingerprint density at radius 3 is 2.68 bits per heavy atom. The van der Waals surface area contributed by atoms with E-state index in [1.807, 2.05) is 42.7 Å². The van der Waals surface area contributed by atoms with Crippen LogP contribution in [0.25, 0.3) is 10.2 Å². The molecule has 1 aliphatic carbocycles. The van der Waals surface area contributed by atoms with E-state index >= 15 is 0 Å². The molecular formula is C25H28N4O3S2. The first-order valence-electron chi connectivity index (χ1n) is 11.8. The summed E-state index contributed by atoms with van der Waals surface area (Å²) >= 11 is 2.85. The number of thioether (sulfide) groups is 1. The van der Waals surface area contributed by atoms with Crippen molar-refractivity contribution >= 4 is 56.5 Å². The zero-order valence-corrected chi connectivity index (χ0v) is 21.1. The fourth-order valence-corrected chi connectivity index (χ4v) is 6.84. The second-order valence-electron chi connectivity index (χ2n) is 8.97. The lowest BCUT2D eigenvalue weighted by molar-refractivity contribution is -0.117. The van der Waals surface area contributed by atoms with Gasteiger partial charge < -0.3 is 10.2 Å². The van der Waals surface area contributed by atoms with Crippen molar-refractivity contribution in [3.63, 3.8) is 0 Å². The van der Waals surface area contributed by atoms with E-state index in [1.54, 1.807) is 4.90 Å². The first-order chi connectivity index (χ1) is 16.4. The standard InChI is InChI=1S/C25H28N4O3S2/c1-15-16(2)34-23-22(15)24(32)29(17-8-3-4-9-17)25(27-23)33-14-20(30)26-18-10-5-6-11-19(18)28-13-7-12-21(28)31/h5-6,10-11,17H,3-4,7-9,12-14H2,1-2H3,(H,26,30). The molecule has 1 N–H and O–H groups in total. The number of nitrogens with zero attached hydrogens (tertiary/aromatic N) is 3. The molecule has 178 valence electrons. The van der Waals surface area contributed by atoms with E-state index in [0.717, 1.165) is 53.1 Å². The van der Waals surface area contributed by atoms with Gasteiger partial charge >= 0.3 is 0 Å². The molecule has 0 unspecified atom stereocenters. The number of rotatable bonds is 6. The van der Waals surface area contributed by atoms with Crippen LogP contribution in [0.2, 0.25) is 0 Å². The summed E-state index contributed by atoms with van der Waals surface area (Å²) in [5, 5.41) is 4.30. The molecule has 9 heteroatoms. The van der Waals surface area contributed by atoms with Crippen molar-refractivity contribution in [1.82, 2.24) is 9.55 Å². The molecule has 0 radical (unpaired) electrons. The van der Waals surface area contributed by atoms with Gasteiger partial charge in [-0.1, -0.05) is 36.7 Å². The number of para-hydroxylation sites is 2. The molecule has 2 aliphatic rings. The van der Waals surface area contributed by atoms with Crippen molar-refractivity contribution in [3.05, 3.63) is 45.1 Å². The van der Waals surface area contributed by atoms with Crippen LogP contribution in [-0.4, -0.2) is 33.7 Å². The van der Waals surface area contributed by atoms with E-state index in [2.05, 4.69) is 5.32 Å². The fraction of sp³-hybridized carbons (Fsp3) is 0.440. The average molecular weight is 497 g/mol. The lowest BCUT2D eigenvalue weighted by atomic mass is 10.2. The molecule has 2 aromatic heterocycles. The molecule has 3 aromatic rings. The zero-order chi connectivity index (χ0) is 23.8. The molecule has 0 bridgehead atoms. The summed E-state index contributed by atoms with van der Waals surface area (Å²) in [5.41, 5.74) is 2.38. The van der Waals surface area contributed by atoms with E-state index in [4.69, 9.17) is 4.98 Å². The van der Waals surface area contributed by atoms with Gasteiger partial charge in [0.05, 0.1) is 22.5 Å². The molecule has 2 amide bonds. The van der Waals surface area contributed by atoms with E-state index in [0.29, 0.717) is 29.2 Å². The summed E-state index contributed by atoms with van der Waals surface area (Å²) < 4.78 is 1.84. The van der Waals surface area contributed by atoms with Gasteiger partial charge in [0.25, 0.3) is 5.56 Å². The number of hydrogen-bond acceptors (Lipinski definition) is 6. The normalized spacial score (nSPS) is 16.6. The number of carbonyl (C=O) groups is 2. The predicted molar refractivity (Wildman–Crippen MR) is 138 cm³/mol. The van der Waals surface area contributed by atoms with E-state index < -0.39 is 0 Å². The predicted octanol–water partition coefficient (Wildman–Crippen LogP) is 5.05. The Morgan fingerprint density at radius 1 is 1.18 bits per heavy atom. The number of benzene rings is 1. The van der Waals surface area contributed by atoms with Crippen LogP contribution < -0.4 is 15.8 Å². The first-order valence-corrected chi connectivity index (χ1v) is 13.6. The fourth-order valence-electron chi connectivity index (χ4n) is 4.91. The lowest BCUT2D eigenvalue weighted by Crippen LogP contribution is -2.27. The number of aryl methyl sites for hydroxylation is 2. The smallest absolute Gasteiger partial charge is 0.263 e. The average Bonchev–Trinajstić information content (AvgIpc) is 3.55. The largest absolute Gasteiger partial charge is 0.324 e. The monoisotopic (exact) mass is 496 g/mol. The van der Waals surface area contributed by atoms with E-state index in [1.165, 1.54) is 23.1 Å². The molecule has 3 heterocycles. The van der Waals surface area contributed by atoms with Crippen molar-refractivity contribution in [3.8, 4) is 0 Å². The topological polar surface area (TPSA) is 84.3 Å². The molecule has 1 saturated heterocycles. The van der Waals surface area contributed by atoms with Crippen LogP contribution in [0.15, 0.2) is 34.2 Å². The highest BCUT2D eigenvalue weighted by atomic mass is 32.2. The number of amides is 2. The SMILES string of the molecule is Cc1sc2nc(SCC(=O)Nc3ccccc3N3CCCC3=O)n(C3CCCC3)c(=O)c2c1C. The maximum absolute atomic E-state index is 13.5. The van der Waals surface area contributed by atoms with Crippen LogP contribution in [-0.2, 0) is 9.59 Å². The maximum Gasteiger partial charge on any atom is 0.263 e. The molecule has 1 aromatic carbocycles. The van der Waals surface area contributed by atoms with Crippen LogP contribution in [0, 0.1) is 13.8 Å². The van der Waals surface area contributed by atoms with Gasteiger partial charge in [-0.2, -0.15) is 0 Å². The second kappa shape index (κ2) is 9.54. The minimum absolute atomic E-state index is 0.0135. The number of anilines is 2. The maximum atomic E-state index is 13.5. The Bertz CT molecular complexity index is 1320. The highest BCUT2D eigenvalue weighted by Crippen LogP contribution is 2.35. The molecule has 1 aliphatic heterocycles. The molecule has 0 spiro atoms. The van der Waals surface area contributed by atoms with Gasteiger partial charge in [-0.3, -0.25) is 19.0 Å². The number of thiophene rings is 1. The Kier molecular flexibility index (Phi) is 6.48. The third kappa shape index (κ3) is 4.27. The molecule has 34 heavy (non-hydrogen) atoms. The number of aromatic nitrogens is 2. The molecule has 7 nitrogen and oxygen atoms in total. The molecular weight excluding hydrogens is 468 g/mol. The first kappa shape index (κ1) is 23.1. The molecule has 1 saturated carbocycles.